The first-order valence-electron chi connectivity index (χ1n) is 7.19. The molecular formula is C14H22N4NiO8+2. The predicted octanol–water partition coefficient (Wildman–Crippen LogP) is 2.56. The van der Waals surface area contributed by atoms with E-state index in [4.69, 9.17) is 30.6 Å². The van der Waals surface area contributed by atoms with Crippen molar-refractivity contribution < 1.29 is 46.6 Å². The molecule has 0 radical (unpaired) electrons. The summed E-state index contributed by atoms with van der Waals surface area (Å²) in [6.45, 7) is 7.38. The van der Waals surface area contributed by atoms with Gasteiger partial charge in [0.25, 0.3) is 10.2 Å². The minimum Gasteiger partial charge on any atom is -0.328 e. The fraction of sp³-hybridized carbons (Fsp3) is 0.429. The van der Waals surface area contributed by atoms with E-state index in [0.29, 0.717) is 0 Å². The SMILES string of the molecule is CC1=CC=CC(C)[N+]1=O.CC1=CC=CC(C)[N+]1=O.O=[N+]([O-])O.O=[N+]([O-])O.[Ni]. The molecule has 2 aliphatic rings. The van der Waals surface area contributed by atoms with Crippen molar-refractivity contribution in [3.05, 3.63) is 77.9 Å². The number of allylic oxidation sites excluding steroid dienone is 6. The number of nitrogens with zero attached hydrogens (tertiary/aromatic N) is 4. The molecule has 2 atom stereocenters. The third-order valence-electron chi connectivity index (χ3n) is 2.89. The smallest absolute Gasteiger partial charge is 0.291 e. The Hall–Kier alpha value is -2.95. The fourth-order valence-corrected chi connectivity index (χ4v) is 1.66. The van der Waals surface area contributed by atoms with Crippen molar-refractivity contribution in [1.82, 2.24) is 0 Å². The van der Waals surface area contributed by atoms with Gasteiger partial charge in [-0.25, -0.2) is 0 Å². The maximum atomic E-state index is 10.9. The van der Waals surface area contributed by atoms with Gasteiger partial charge in [-0.3, -0.25) is 0 Å². The Balaban J connectivity index is -0.000000303. The van der Waals surface area contributed by atoms with E-state index < -0.39 is 10.2 Å². The predicted molar refractivity (Wildman–Crippen MR) is 89.5 cm³/mol. The first-order valence-corrected chi connectivity index (χ1v) is 7.19. The summed E-state index contributed by atoms with van der Waals surface area (Å²) in [7, 11) is 0. The zero-order chi connectivity index (χ0) is 20.9. The quantitative estimate of drug-likeness (QED) is 0.254. The second kappa shape index (κ2) is 15.3. The molecule has 0 aromatic rings. The van der Waals surface area contributed by atoms with Crippen molar-refractivity contribution in [1.29, 1.82) is 0 Å². The molecule has 27 heavy (non-hydrogen) atoms. The van der Waals surface area contributed by atoms with E-state index >= 15 is 0 Å². The van der Waals surface area contributed by atoms with Gasteiger partial charge < -0.3 is 10.4 Å². The first-order chi connectivity index (χ1) is 11.9. The van der Waals surface area contributed by atoms with Crippen LogP contribution in [0.2, 0.25) is 0 Å². The van der Waals surface area contributed by atoms with Crippen molar-refractivity contribution in [3.63, 3.8) is 0 Å². The van der Waals surface area contributed by atoms with E-state index in [1.807, 2.05) is 64.2 Å². The van der Waals surface area contributed by atoms with Crippen LogP contribution >= 0.6 is 0 Å². The molecule has 0 aromatic heterocycles. The molecule has 0 saturated heterocycles. The van der Waals surface area contributed by atoms with Crippen molar-refractivity contribution in [2.75, 3.05) is 0 Å². The molecule has 2 unspecified atom stereocenters. The van der Waals surface area contributed by atoms with Gasteiger partial charge in [0.2, 0.25) is 23.5 Å². The summed E-state index contributed by atoms with van der Waals surface area (Å²) in [5.74, 6) is 0. The second-order valence-electron chi connectivity index (χ2n) is 4.99. The van der Waals surface area contributed by atoms with E-state index in [1.165, 1.54) is 0 Å². The average molecular weight is 433 g/mol. The summed E-state index contributed by atoms with van der Waals surface area (Å²) >= 11 is 0. The van der Waals surface area contributed by atoms with E-state index in [2.05, 4.69) is 0 Å². The molecule has 2 N–H and O–H groups in total. The summed E-state index contributed by atoms with van der Waals surface area (Å²) in [4.78, 5) is 38.6. The zero-order valence-electron chi connectivity index (χ0n) is 15.1. The van der Waals surface area contributed by atoms with E-state index in [9.17, 15) is 9.81 Å². The van der Waals surface area contributed by atoms with E-state index in [-0.39, 0.29) is 28.6 Å². The molecule has 0 saturated carbocycles. The van der Waals surface area contributed by atoms with Crippen molar-refractivity contribution in [3.8, 4) is 0 Å². The maximum absolute atomic E-state index is 10.9. The molecule has 2 aliphatic heterocycles. The molecule has 0 spiro atoms. The van der Waals surface area contributed by atoms with Gasteiger partial charge in [0, 0.05) is 75.7 Å². The Morgan fingerprint density at radius 1 is 0.852 bits per heavy atom. The van der Waals surface area contributed by atoms with Gasteiger partial charge in [-0.15, -0.1) is 20.2 Å². The second-order valence-corrected chi connectivity index (χ2v) is 4.99. The van der Waals surface area contributed by atoms with Crippen LogP contribution in [0.15, 0.2) is 47.9 Å². The molecule has 154 valence electrons. The summed E-state index contributed by atoms with van der Waals surface area (Å²) < 4.78 is 2.00. The van der Waals surface area contributed by atoms with Crippen LogP contribution in [0, 0.1) is 30.0 Å². The zero-order valence-corrected chi connectivity index (χ0v) is 16.1. The number of hydrogen-bond donors (Lipinski definition) is 2. The van der Waals surface area contributed by atoms with Gasteiger partial charge in [0.1, 0.15) is 0 Å². The van der Waals surface area contributed by atoms with Gasteiger partial charge in [0.15, 0.2) is 0 Å². The molecule has 0 aromatic carbocycles. The van der Waals surface area contributed by atoms with E-state index in [1.54, 1.807) is 0 Å². The normalized spacial score (nSPS) is 19.3. The van der Waals surface area contributed by atoms with Gasteiger partial charge in [-0.1, -0.05) is 12.2 Å². The van der Waals surface area contributed by atoms with Crippen LogP contribution in [-0.2, 0) is 16.5 Å². The molecule has 0 fully saturated rings. The minimum absolute atomic E-state index is 0. The van der Waals surface area contributed by atoms with Crippen LogP contribution < -0.4 is 0 Å². The summed E-state index contributed by atoms with van der Waals surface area (Å²) in [5.41, 5.74) is 1.56. The number of hydrogen-bond acceptors (Lipinski definition) is 6. The van der Waals surface area contributed by atoms with Gasteiger partial charge in [-0.05, 0) is 12.2 Å². The standard InChI is InChI=1S/2C7H10NO.2HNO3.Ni/c2*1-6-4-3-5-7(2)8(6)9;2*2-1(3)4;/h2*3-6H,1-2H3;2*(H,2,3,4);/q2*+1;;;. The van der Waals surface area contributed by atoms with Crippen LogP contribution in [0.5, 0.6) is 0 Å². The summed E-state index contributed by atoms with van der Waals surface area (Å²) in [6.07, 6.45) is 11.2. The largest absolute Gasteiger partial charge is 0.328 e. The maximum Gasteiger partial charge on any atom is 0.291 e. The Labute approximate surface area is 164 Å². The van der Waals surface area contributed by atoms with E-state index in [0.717, 1.165) is 20.9 Å². The van der Waals surface area contributed by atoms with Gasteiger partial charge >= 0.3 is 0 Å². The molecule has 0 aliphatic carbocycles. The molecule has 0 amide bonds. The van der Waals surface area contributed by atoms with Gasteiger partial charge in [0.05, 0.1) is 0 Å². The molecule has 2 rings (SSSR count). The van der Waals surface area contributed by atoms with Crippen LogP contribution in [0.1, 0.15) is 27.7 Å². The Morgan fingerprint density at radius 2 is 1.07 bits per heavy atom. The molecule has 12 nitrogen and oxygen atoms in total. The molecule has 0 bridgehead atoms. The topological polar surface area (TPSA) is 167 Å². The average Bonchev–Trinajstić information content (AvgIpc) is 2.50. The fourth-order valence-electron chi connectivity index (χ4n) is 1.66. The number of nitroso groups, excluding NO2 is 2. The summed E-state index contributed by atoms with van der Waals surface area (Å²) in [6, 6.07) is 0.0185. The molecule has 13 heteroatoms. The molecule has 2 heterocycles. The summed E-state index contributed by atoms with van der Waals surface area (Å²) in [5, 5.41) is 27.3. The minimum atomic E-state index is -1.50. The Morgan fingerprint density at radius 3 is 1.22 bits per heavy atom. The monoisotopic (exact) mass is 432 g/mol. The van der Waals surface area contributed by atoms with Crippen molar-refractivity contribution in [2.24, 2.45) is 0 Å². The third kappa shape index (κ3) is 16.3. The van der Waals surface area contributed by atoms with Crippen LogP contribution in [-0.4, -0.2) is 42.2 Å². The van der Waals surface area contributed by atoms with Crippen LogP contribution in [0.25, 0.3) is 0 Å². The van der Waals surface area contributed by atoms with Gasteiger partial charge in [-0.2, -0.15) is 0 Å². The van der Waals surface area contributed by atoms with Crippen LogP contribution in [0.3, 0.4) is 0 Å². The van der Waals surface area contributed by atoms with Crippen molar-refractivity contribution in [2.45, 2.75) is 39.8 Å². The van der Waals surface area contributed by atoms with Crippen molar-refractivity contribution >= 4 is 0 Å². The van der Waals surface area contributed by atoms with Crippen LogP contribution in [0.4, 0.5) is 0 Å². The molecular weight excluding hydrogens is 411 g/mol. The third-order valence-corrected chi connectivity index (χ3v) is 2.89. The Kier molecular flexibility index (Phi) is 16.4. The number of rotatable bonds is 0. The Bertz CT molecular complexity index is 594. The first kappa shape index (κ1) is 28.8.